The zero-order chi connectivity index (χ0) is 13.4. The van der Waals surface area contributed by atoms with Crippen LogP contribution in [0, 0.1) is 0 Å². The molecule has 20 heavy (non-hydrogen) atoms. The Morgan fingerprint density at radius 3 is 2.80 bits per heavy atom. The van der Waals surface area contributed by atoms with Gasteiger partial charge in [0, 0.05) is 23.5 Å². The molecule has 4 rings (SSSR count). The van der Waals surface area contributed by atoms with E-state index in [0.29, 0.717) is 25.9 Å². The molecule has 0 radical (unpaired) electrons. The third-order valence-electron chi connectivity index (χ3n) is 3.98. The molecular formula is C16H19NO3. The van der Waals surface area contributed by atoms with Gasteiger partial charge in [0.2, 0.25) is 0 Å². The molecule has 1 aliphatic heterocycles. The van der Waals surface area contributed by atoms with Crippen molar-refractivity contribution in [2.24, 2.45) is 0 Å². The predicted octanol–water partition coefficient (Wildman–Crippen LogP) is 2.60. The van der Waals surface area contributed by atoms with Crippen LogP contribution < -0.4 is 5.32 Å². The van der Waals surface area contributed by atoms with Crippen molar-refractivity contribution in [2.75, 3.05) is 13.2 Å². The van der Waals surface area contributed by atoms with Crippen molar-refractivity contribution in [1.29, 1.82) is 0 Å². The molecule has 4 heteroatoms. The Kier molecular flexibility index (Phi) is 3.22. The summed E-state index contributed by atoms with van der Waals surface area (Å²) in [7, 11) is 0. The molecule has 1 aromatic carbocycles. The number of para-hydroxylation sites is 1. The third-order valence-corrected chi connectivity index (χ3v) is 3.98. The summed E-state index contributed by atoms with van der Waals surface area (Å²) in [6.45, 7) is 2.80. The molecule has 1 aromatic heterocycles. The van der Waals surface area contributed by atoms with E-state index in [1.165, 1.54) is 23.8 Å². The summed E-state index contributed by atoms with van der Waals surface area (Å²) in [5, 5.41) is 4.77. The Bertz CT molecular complexity index is 599. The number of furan rings is 1. The summed E-state index contributed by atoms with van der Waals surface area (Å²) in [4.78, 5) is 0. The lowest BCUT2D eigenvalue weighted by Crippen LogP contribution is -2.35. The summed E-state index contributed by atoms with van der Waals surface area (Å²) < 4.78 is 16.9. The van der Waals surface area contributed by atoms with E-state index in [0.717, 1.165) is 17.9 Å². The van der Waals surface area contributed by atoms with Crippen molar-refractivity contribution in [2.45, 2.75) is 38.1 Å². The second-order valence-corrected chi connectivity index (χ2v) is 5.63. The van der Waals surface area contributed by atoms with Crippen LogP contribution in [0.2, 0.25) is 0 Å². The zero-order valence-corrected chi connectivity index (χ0v) is 11.4. The summed E-state index contributed by atoms with van der Waals surface area (Å²) in [6, 6.07) is 8.90. The van der Waals surface area contributed by atoms with Crippen molar-refractivity contribution < 1.29 is 13.9 Å². The predicted molar refractivity (Wildman–Crippen MR) is 75.5 cm³/mol. The number of rotatable bonds is 6. The first-order valence-corrected chi connectivity index (χ1v) is 7.32. The molecule has 2 heterocycles. The number of hydrogen-bond acceptors (Lipinski definition) is 4. The first kappa shape index (κ1) is 12.4. The molecule has 1 saturated carbocycles. The molecule has 4 nitrogen and oxygen atoms in total. The fourth-order valence-corrected chi connectivity index (χ4v) is 2.50. The monoisotopic (exact) mass is 273 g/mol. The van der Waals surface area contributed by atoms with Crippen LogP contribution in [0.5, 0.6) is 0 Å². The van der Waals surface area contributed by atoms with E-state index in [1.54, 1.807) is 0 Å². The van der Waals surface area contributed by atoms with Gasteiger partial charge in [0.25, 0.3) is 0 Å². The van der Waals surface area contributed by atoms with Gasteiger partial charge >= 0.3 is 0 Å². The molecular weight excluding hydrogens is 254 g/mol. The minimum absolute atomic E-state index is 0.229. The Morgan fingerprint density at radius 2 is 2.05 bits per heavy atom. The second kappa shape index (κ2) is 5.20. The van der Waals surface area contributed by atoms with Gasteiger partial charge in [-0.15, -0.1) is 0 Å². The van der Waals surface area contributed by atoms with E-state index in [4.69, 9.17) is 13.9 Å². The van der Waals surface area contributed by atoms with E-state index in [-0.39, 0.29) is 6.10 Å². The van der Waals surface area contributed by atoms with Gasteiger partial charge in [0.05, 0.1) is 13.2 Å². The molecule has 0 amide bonds. The number of nitrogens with one attached hydrogen (secondary N) is 1. The van der Waals surface area contributed by atoms with Crippen molar-refractivity contribution >= 4 is 11.0 Å². The number of benzene rings is 1. The molecule has 106 valence electrons. The standard InChI is InChI=1S/C16H19NO3/c1-2-4-15-13(3-1)14(7-17-11-5-6-11)16(20-15)10-19-12-8-18-9-12/h1-4,11-12,17H,5-10H2. The van der Waals surface area contributed by atoms with Gasteiger partial charge in [-0.2, -0.15) is 0 Å². The maximum Gasteiger partial charge on any atom is 0.135 e. The average Bonchev–Trinajstić information content (AvgIpc) is 3.17. The highest BCUT2D eigenvalue weighted by Crippen LogP contribution is 2.28. The summed E-state index contributed by atoms with van der Waals surface area (Å²) in [6.07, 6.45) is 2.81. The highest BCUT2D eigenvalue weighted by Gasteiger charge is 2.24. The zero-order valence-electron chi connectivity index (χ0n) is 11.4. The van der Waals surface area contributed by atoms with Gasteiger partial charge in [0.1, 0.15) is 24.1 Å². The van der Waals surface area contributed by atoms with Crippen LogP contribution in [0.3, 0.4) is 0 Å². The van der Waals surface area contributed by atoms with Crippen LogP contribution in [0.25, 0.3) is 11.0 Å². The molecule has 1 saturated heterocycles. The highest BCUT2D eigenvalue weighted by atomic mass is 16.6. The minimum atomic E-state index is 0.229. The summed E-state index contributed by atoms with van der Waals surface area (Å²) >= 11 is 0. The first-order valence-electron chi connectivity index (χ1n) is 7.32. The van der Waals surface area contributed by atoms with Gasteiger partial charge in [0.15, 0.2) is 0 Å². The topological polar surface area (TPSA) is 43.6 Å². The molecule has 0 spiro atoms. The number of hydrogen-bond donors (Lipinski definition) is 1. The van der Waals surface area contributed by atoms with Crippen LogP contribution in [0.15, 0.2) is 28.7 Å². The van der Waals surface area contributed by atoms with Gasteiger partial charge in [-0.1, -0.05) is 18.2 Å². The Labute approximate surface area is 118 Å². The Morgan fingerprint density at radius 1 is 1.20 bits per heavy atom. The minimum Gasteiger partial charge on any atom is -0.458 e. The van der Waals surface area contributed by atoms with E-state index in [9.17, 15) is 0 Å². The van der Waals surface area contributed by atoms with Gasteiger partial charge in [-0.25, -0.2) is 0 Å². The van der Waals surface area contributed by atoms with E-state index in [2.05, 4.69) is 17.4 Å². The second-order valence-electron chi connectivity index (χ2n) is 5.63. The normalized spacial score (nSPS) is 19.4. The van der Waals surface area contributed by atoms with Crippen LogP contribution in [-0.4, -0.2) is 25.4 Å². The van der Waals surface area contributed by atoms with E-state index < -0.39 is 0 Å². The number of fused-ring (bicyclic) bond motifs is 1. The maximum absolute atomic E-state index is 5.97. The van der Waals surface area contributed by atoms with E-state index >= 15 is 0 Å². The van der Waals surface area contributed by atoms with Gasteiger partial charge < -0.3 is 19.2 Å². The summed E-state index contributed by atoms with van der Waals surface area (Å²) in [5.41, 5.74) is 2.19. The van der Waals surface area contributed by atoms with Gasteiger partial charge in [-0.3, -0.25) is 0 Å². The Hall–Kier alpha value is -1.36. The first-order chi connectivity index (χ1) is 9.90. The third kappa shape index (κ3) is 2.46. The van der Waals surface area contributed by atoms with Gasteiger partial charge in [-0.05, 0) is 18.9 Å². The lowest BCUT2D eigenvalue weighted by molar-refractivity contribution is -0.137. The molecule has 2 fully saturated rings. The quantitative estimate of drug-likeness (QED) is 0.878. The van der Waals surface area contributed by atoms with Crippen LogP contribution >= 0.6 is 0 Å². The molecule has 1 N–H and O–H groups in total. The van der Waals surface area contributed by atoms with Crippen LogP contribution in [0.4, 0.5) is 0 Å². The fraction of sp³-hybridized carbons (Fsp3) is 0.500. The maximum atomic E-state index is 5.97. The highest BCUT2D eigenvalue weighted by molar-refractivity contribution is 5.82. The smallest absolute Gasteiger partial charge is 0.135 e. The largest absolute Gasteiger partial charge is 0.458 e. The molecule has 0 bridgehead atoms. The SMILES string of the molecule is c1ccc2c(CNC3CC3)c(COC3COC3)oc2c1. The van der Waals surface area contributed by atoms with Crippen molar-refractivity contribution in [3.8, 4) is 0 Å². The fourth-order valence-electron chi connectivity index (χ4n) is 2.50. The summed E-state index contributed by atoms with van der Waals surface area (Å²) in [5.74, 6) is 0.950. The number of ether oxygens (including phenoxy) is 2. The molecule has 2 aromatic rings. The van der Waals surface area contributed by atoms with Crippen LogP contribution in [-0.2, 0) is 22.6 Å². The molecule has 0 unspecified atom stereocenters. The lowest BCUT2D eigenvalue weighted by atomic mass is 10.1. The molecule has 1 aliphatic carbocycles. The van der Waals surface area contributed by atoms with E-state index in [1.807, 2.05) is 12.1 Å². The van der Waals surface area contributed by atoms with Crippen molar-refractivity contribution in [3.05, 3.63) is 35.6 Å². The van der Waals surface area contributed by atoms with Crippen molar-refractivity contribution in [3.63, 3.8) is 0 Å². The Balaban J connectivity index is 1.56. The molecule has 2 aliphatic rings. The average molecular weight is 273 g/mol. The van der Waals surface area contributed by atoms with Crippen molar-refractivity contribution in [1.82, 2.24) is 5.32 Å². The van der Waals surface area contributed by atoms with Crippen LogP contribution in [0.1, 0.15) is 24.2 Å². The molecule has 0 atom stereocenters. The lowest BCUT2D eigenvalue weighted by Gasteiger charge is -2.25.